The lowest BCUT2D eigenvalue weighted by atomic mass is 10.1. The maximum atomic E-state index is 12.5. The third-order valence-corrected chi connectivity index (χ3v) is 3.34. The maximum absolute atomic E-state index is 12.5. The fourth-order valence-corrected chi connectivity index (χ4v) is 2.17. The van der Waals surface area contributed by atoms with Crippen LogP contribution in [0.15, 0.2) is 54.6 Å². The monoisotopic (exact) mass is 298 g/mol. The van der Waals surface area contributed by atoms with Gasteiger partial charge in [0.25, 0.3) is 0 Å². The van der Waals surface area contributed by atoms with Crippen LogP contribution in [-0.4, -0.2) is 12.5 Å². The predicted molar refractivity (Wildman–Crippen MR) is 84.2 cm³/mol. The van der Waals surface area contributed by atoms with Crippen molar-refractivity contribution < 1.29 is 4.79 Å². The van der Waals surface area contributed by atoms with E-state index in [4.69, 9.17) is 16.9 Å². The molecule has 0 spiro atoms. The molecule has 0 bridgehead atoms. The molecule has 0 saturated carbocycles. The molecule has 0 fully saturated rings. The highest BCUT2D eigenvalue weighted by atomic mass is 35.5. The lowest BCUT2D eigenvalue weighted by Gasteiger charge is -2.21. The van der Waals surface area contributed by atoms with E-state index in [0.29, 0.717) is 18.0 Å². The van der Waals surface area contributed by atoms with Crippen LogP contribution < -0.4 is 4.90 Å². The van der Waals surface area contributed by atoms with Gasteiger partial charge in [0.05, 0.1) is 18.9 Å². The summed E-state index contributed by atoms with van der Waals surface area (Å²) in [4.78, 5) is 14.1. The summed E-state index contributed by atoms with van der Waals surface area (Å²) in [6, 6.07) is 18.7. The van der Waals surface area contributed by atoms with Crippen LogP contribution in [0.5, 0.6) is 0 Å². The van der Waals surface area contributed by atoms with Crippen LogP contribution in [0.25, 0.3) is 0 Å². The largest absolute Gasteiger partial charge is 0.311 e. The lowest BCUT2D eigenvalue weighted by molar-refractivity contribution is -0.118. The standard InChI is InChI=1S/C17H15ClN2O/c18-15-9-7-14(8-10-15)13-17(21)20(12-4-11-19)16-5-2-1-3-6-16/h1-3,5-10H,4,12-13H2. The first-order valence-electron chi connectivity index (χ1n) is 6.67. The fraction of sp³-hybridized carbons (Fsp3) is 0.176. The number of carbonyl (C=O) groups excluding carboxylic acids is 1. The Morgan fingerprint density at radius 1 is 1.10 bits per heavy atom. The van der Waals surface area contributed by atoms with E-state index >= 15 is 0 Å². The van der Waals surface area contributed by atoms with Crippen molar-refractivity contribution in [2.45, 2.75) is 12.8 Å². The van der Waals surface area contributed by atoms with Crippen molar-refractivity contribution in [1.29, 1.82) is 5.26 Å². The Bertz CT molecular complexity index is 632. The van der Waals surface area contributed by atoms with Crippen molar-refractivity contribution in [3.63, 3.8) is 0 Å². The van der Waals surface area contributed by atoms with Gasteiger partial charge in [-0.3, -0.25) is 4.79 Å². The predicted octanol–water partition coefficient (Wildman–Crippen LogP) is 3.83. The SMILES string of the molecule is N#CCCN(C(=O)Cc1ccc(Cl)cc1)c1ccccc1. The molecule has 21 heavy (non-hydrogen) atoms. The Morgan fingerprint density at radius 2 is 1.76 bits per heavy atom. The van der Waals surface area contributed by atoms with E-state index in [1.807, 2.05) is 42.5 Å². The second-order valence-electron chi connectivity index (χ2n) is 4.59. The van der Waals surface area contributed by atoms with Gasteiger partial charge in [-0.1, -0.05) is 41.9 Å². The molecule has 0 aliphatic rings. The molecule has 2 aromatic rings. The molecule has 0 radical (unpaired) electrons. The molecule has 2 aromatic carbocycles. The van der Waals surface area contributed by atoms with E-state index in [1.165, 1.54) is 0 Å². The van der Waals surface area contributed by atoms with E-state index in [1.54, 1.807) is 17.0 Å². The van der Waals surface area contributed by atoms with Crippen LogP contribution in [0, 0.1) is 11.3 Å². The van der Waals surface area contributed by atoms with Gasteiger partial charge in [-0.15, -0.1) is 0 Å². The highest BCUT2D eigenvalue weighted by Crippen LogP contribution is 2.16. The van der Waals surface area contributed by atoms with Crippen molar-refractivity contribution in [3.05, 3.63) is 65.2 Å². The first-order valence-corrected chi connectivity index (χ1v) is 7.05. The molecule has 1 amide bonds. The second kappa shape index (κ2) is 7.47. The van der Waals surface area contributed by atoms with Gasteiger partial charge in [0, 0.05) is 17.3 Å². The van der Waals surface area contributed by atoms with Gasteiger partial charge in [-0.25, -0.2) is 0 Å². The zero-order valence-electron chi connectivity index (χ0n) is 11.5. The Balaban J connectivity index is 2.14. The summed E-state index contributed by atoms with van der Waals surface area (Å²) in [6.07, 6.45) is 0.596. The fourth-order valence-electron chi connectivity index (χ4n) is 2.04. The van der Waals surface area contributed by atoms with E-state index in [-0.39, 0.29) is 12.3 Å². The summed E-state index contributed by atoms with van der Waals surface area (Å²) in [7, 11) is 0. The number of rotatable bonds is 5. The molecule has 0 aliphatic carbocycles. The molecule has 0 heterocycles. The van der Waals surface area contributed by atoms with E-state index in [9.17, 15) is 4.79 Å². The summed E-state index contributed by atoms with van der Waals surface area (Å²) in [5.41, 5.74) is 1.72. The summed E-state index contributed by atoms with van der Waals surface area (Å²) >= 11 is 5.84. The van der Waals surface area contributed by atoms with Gasteiger partial charge in [-0.05, 0) is 29.8 Å². The first-order chi connectivity index (χ1) is 10.2. The minimum atomic E-state index is -0.0289. The molecule has 0 unspecified atom stereocenters. The van der Waals surface area contributed by atoms with Crippen molar-refractivity contribution >= 4 is 23.2 Å². The second-order valence-corrected chi connectivity index (χ2v) is 5.03. The number of nitriles is 1. The van der Waals surface area contributed by atoms with Gasteiger partial charge in [0.1, 0.15) is 0 Å². The topological polar surface area (TPSA) is 44.1 Å². The first kappa shape index (κ1) is 15.1. The van der Waals surface area contributed by atoms with Gasteiger partial charge in [-0.2, -0.15) is 5.26 Å². The summed E-state index contributed by atoms with van der Waals surface area (Å²) < 4.78 is 0. The maximum Gasteiger partial charge on any atom is 0.231 e. The highest BCUT2D eigenvalue weighted by Gasteiger charge is 2.15. The normalized spacial score (nSPS) is 9.90. The quantitative estimate of drug-likeness (QED) is 0.842. The van der Waals surface area contributed by atoms with Crippen molar-refractivity contribution in [1.82, 2.24) is 0 Å². The number of nitrogens with zero attached hydrogens (tertiary/aromatic N) is 2. The van der Waals surface area contributed by atoms with Gasteiger partial charge in [0.15, 0.2) is 0 Å². The summed E-state index contributed by atoms with van der Waals surface area (Å²) in [6.45, 7) is 0.396. The molecular weight excluding hydrogens is 284 g/mol. The molecule has 0 aliphatic heterocycles. The van der Waals surface area contributed by atoms with Crippen LogP contribution in [0.1, 0.15) is 12.0 Å². The van der Waals surface area contributed by atoms with Gasteiger partial charge < -0.3 is 4.90 Å². The van der Waals surface area contributed by atoms with Crippen molar-refractivity contribution in [2.24, 2.45) is 0 Å². The molecule has 106 valence electrons. The number of anilines is 1. The number of para-hydroxylation sites is 1. The molecule has 2 rings (SSSR count). The van der Waals surface area contributed by atoms with E-state index in [0.717, 1.165) is 11.3 Å². The molecule has 4 heteroatoms. The molecular formula is C17H15ClN2O. The molecule has 0 saturated heterocycles. The Hall–Kier alpha value is -2.31. The van der Waals surface area contributed by atoms with Gasteiger partial charge in [0.2, 0.25) is 5.91 Å². The lowest BCUT2D eigenvalue weighted by Crippen LogP contribution is -2.33. The minimum Gasteiger partial charge on any atom is -0.311 e. The minimum absolute atomic E-state index is 0.0289. The van der Waals surface area contributed by atoms with Crippen LogP contribution in [-0.2, 0) is 11.2 Å². The number of amides is 1. The van der Waals surface area contributed by atoms with E-state index in [2.05, 4.69) is 6.07 Å². The molecule has 0 atom stereocenters. The van der Waals surface area contributed by atoms with Crippen molar-refractivity contribution in [2.75, 3.05) is 11.4 Å². The number of benzene rings is 2. The summed E-state index contributed by atoms with van der Waals surface area (Å²) in [5, 5.41) is 9.41. The Morgan fingerprint density at radius 3 is 2.38 bits per heavy atom. The number of hydrogen-bond acceptors (Lipinski definition) is 2. The van der Waals surface area contributed by atoms with E-state index < -0.39 is 0 Å². The van der Waals surface area contributed by atoms with Crippen LogP contribution in [0.3, 0.4) is 0 Å². The zero-order chi connectivity index (χ0) is 15.1. The Labute approximate surface area is 129 Å². The highest BCUT2D eigenvalue weighted by molar-refractivity contribution is 6.30. The van der Waals surface area contributed by atoms with Crippen molar-refractivity contribution in [3.8, 4) is 6.07 Å². The number of halogens is 1. The molecule has 0 N–H and O–H groups in total. The average Bonchev–Trinajstić information content (AvgIpc) is 2.51. The van der Waals surface area contributed by atoms with Crippen LogP contribution in [0.4, 0.5) is 5.69 Å². The number of carbonyl (C=O) groups is 1. The third kappa shape index (κ3) is 4.34. The third-order valence-electron chi connectivity index (χ3n) is 3.08. The molecule has 0 aromatic heterocycles. The average molecular weight is 299 g/mol. The van der Waals surface area contributed by atoms with Crippen LogP contribution >= 0.6 is 11.6 Å². The molecule has 3 nitrogen and oxygen atoms in total. The van der Waals surface area contributed by atoms with Gasteiger partial charge >= 0.3 is 0 Å². The van der Waals surface area contributed by atoms with Crippen LogP contribution in [0.2, 0.25) is 5.02 Å². The summed E-state index contributed by atoms with van der Waals surface area (Å²) in [5.74, 6) is -0.0289. The Kier molecular flexibility index (Phi) is 5.36. The smallest absolute Gasteiger partial charge is 0.231 e. The number of hydrogen-bond donors (Lipinski definition) is 0. The zero-order valence-corrected chi connectivity index (χ0v) is 12.3.